The van der Waals surface area contributed by atoms with Gasteiger partial charge < -0.3 is 10.4 Å². The molecule has 2 amide bonds. The van der Waals surface area contributed by atoms with Gasteiger partial charge in [0.2, 0.25) is 5.91 Å². The van der Waals surface area contributed by atoms with Crippen molar-refractivity contribution in [2.75, 3.05) is 6.54 Å². The van der Waals surface area contributed by atoms with E-state index in [0.717, 1.165) is 43.1 Å². The van der Waals surface area contributed by atoms with Gasteiger partial charge in [-0.1, -0.05) is 86.8 Å². The van der Waals surface area contributed by atoms with Crippen LogP contribution in [0.25, 0.3) is 10.8 Å². The SMILES string of the molecule is CCCCCCC(CC(=O)CCC(=O)NCCc1ccccc1)=NNC(=O)c1ccc2ccccc2c1O. The van der Waals surface area contributed by atoms with Crippen LogP contribution in [0, 0.1) is 0 Å². The minimum absolute atomic E-state index is 0.0768. The third-order valence-corrected chi connectivity index (χ3v) is 6.39. The summed E-state index contributed by atoms with van der Waals surface area (Å²) in [5.41, 5.74) is 4.36. The summed E-state index contributed by atoms with van der Waals surface area (Å²) in [4.78, 5) is 37.6. The van der Waals surface area contributed by atoms with Crippen molar-refractivity contribution in [3.05, 3.63) is 77.9 Å². The maximum Gasteiger partial charge on any atom is 0.275 e. The number of aromatic hydroxyl groups is 1. The van der Waals surface area contributed by atoms with Gasteiger partial charge in [-0.2, -0.15) is 5.10 Å². The van der Waals surface area contributed by atoms with Crippen LogP contribution in [0.5, 0.6) is 5.75 Å². The predicted molar refractivity (Wildman–Crippen MR) is 151 cm³/mol. The van der Waals surface area contributed by atoms with Crippen LogP contribution in [-0.2, 0) is 16.0 Å². The smallest absolute Gasteiger partial charge is 0.275 e. The van der Waals surface area contributed by atoms with Crippen LogP contribution in [0.15, 0.2) is 71.8 Å². The zero-order valence-electron chi connectivity index (χ0n) is 22.0. The van der Waals surface area contributed by atoms with E-state index in [1.807, 2.05) is 42.5 Å². The van der Waals surface area contributed by atoms with Crippen molar-refractivity contribution in [1.29, 1.82) is 0 Å². The third-order valence-electron chi connectivity index (χ3n) is 6.39. The van der Waals surface area contributed by atoms with Crippen molar-refractivity contribution in [3.63, 3.8) is 0 Å². The van der Waals surface area contributed by atoms with E-state index < -0.39 is 5.91 Å². The van der Waals surface area contributed by atoms with Crippen LogP contribution in [0.2, 0.25) is 0 Å². The lowest BCUT2D eigenvalue weighted by atomic mass is 10.0. The lowest BCUT2D eigenvalue weighted by Crippen LogP contribution is -2.26. The van der Waals surface area contributed by atoms with E-state index in [1.54, 1.807) is 24.3 Å². The number of hydrazone groups is 1. The molecule has 0 aliphatic heterocycles. The first-order valence-corrected chi connectivity index (χ1v) is 13.4. The number of phenols is 1. The number of benzene rings is 3. The number of hydrogen-bond acceptors (Lipinski definition) is 5. The summed E-state index contributed by atoms with van der Waals surface area (Å²) in [6, 6.07) is 20.5. The zero-order chi connectivity index (χ0) is 27.2. The summed E-state index contributed by atoms with van der Waals surface area (Å²) in [5.74, 6) is -0.893. The number of fused-ring (bicyclic) bond motifs is 1. The van der Waals surface area contributed by atoms with Gasteiger partial charge in [-0.3, -0.25) is 14.4 Å². The average molecular weight is 516 g/mol. The fraction of sp³-hybridized carbons (Fsp3) is 0.355. The van der Waals surface area contributed by atoms with Crippen molar-refractivity contribution in [2.24, 2.45) is 5.10 Å². The minimum Gasteiger partial charge on any atom is -0.506 e. The molecule has 0 aliphatic rings. The molecule has 0 saturated heterocycles. The highest BCUT2D eigenvalue weighted by Gasteiger charge is 2.15. The normalized spacial score (nSPS) is 11.3. The van der Waals surface area contributed by atoms with Gasteiger partial charge in [0, 0.05) is 36.9 Å². The Kier molecular flexibility index (Phi) is 11.5. The maximum absolute atomic E-state index is 12.8. The molecule has 0 heterocycles. The van der Waals surface area contributed by atoms with E-state index in [4.69, 9.17) is 0 Å². The Bertz CT molecular complexity index is 1250. The Morgan fingerprint density at radius 1 is 0.842 bits per heavy atom. The molecular weight excluding hydrogens is 478 g/mol. The lowest BCUT2D eigenvalue weighted by molar-refractivity contribution is -0.124. The van der Waals surface area contributed by atoms with Gasteiger partial charge in [-0.15, -0.1) is 0 Å². The largest absolute Gasteiger partial charge is 0.506 e. The first-order valence-electron chi connectivity index (χ1n) is 13.4. The number of unbranched alkanes of at least 4 members (excludes halogenated alkanes) is 3. The van der Waals surface area contributed by atoms with E-state index in [-0.39, 0.29) is 42.3 Å². The average Bonchev–Trinajstić information content (AvgIpc) is 2.93. The van der Waals surface area contributed by atoms with Crippen molar-refractivity contribution < 1.29 is 19.5 Å². The Morgan fingerprint density at radius 2 is 1.61 bits per heavy atom. The molecule has 0 saturated carbocycles. The van der Waals surface area contributed by atoms with Gasteiger partial charge >= 0.3 is 0 Å². The molecule has 3 aromatic carbocycles. The molecule has 0 aliphatic carbocycles. The topological polar surface area (TPSA) is 108 Å². The molecule has 0 atom stereocenters. The first kappa shape index (κ1) is 28.6. The minimum atomic E-state index is -0.537. The van der Waals surface area contributed by atoms with E-state index >= 15 is 0 Å². The molecule has 0 spiro atoms. The van der Waals surface area contributed by atoms with Gasteiger partial charge in [-0.25, -0.2) is 5.43 Å². The van der Waals surface area contributed by atoms with Crippen molar-refractivity contribution >= 4 is 34.1 Å². The van der Waals surface area contributed by atoms with Crippen LogP contribution in [0.4, 0.5) is 0 Å². The summed E-state index contributed by atoms with van der Waals surface area (Å²) in [5, 5.41) is 19.1. The highest BCUT2D eigenvalue weighted by molar-refractivity contribution is 6.05. The predicted octanol–water partition coefficient (Wildman–Crippen LogP) is 5.70. The molecule has 0 radical (unpaired) electrons. The maximum atomic E-state index is 12.8. The van der Waals surface area contributed by atoms with E-state index in [2.05, 4.69) is 22.8 Å². The zero-order valence-corrected chi connectivity index (χ0v) is 22.0. The molecule has 3 rings (SSSR count). The fourth-order valence-corrected chi connectivity index (χ4v) is 4.22. The number of nitrogens with zero attached hydrogens (tertiary/aromatic N) is 1. The van der Waals surface area contributed by atoms with Gasteiger partial charge in [0.15, 0.2) is 0 Å². The summed E-state index contributed by atoms with van der Waals surface area (Å²) in [6.07, 6.45) is 5.67. The van der Waals surface area contributed by atoms with Crippen LogP contribution in [-0.4, -0.2) is 35.0 Å². The third kappa shape index (κ3) is 9.14. The van der Waals surface area contributed by atoms with Crippen LogP contribution in [0.1, 0.15) is 74.2 Å². The fourth-order valence-electron chi connectivity index (χ4n) is 4.22. The molecule has 0 aromatic heterocycles. The number of carbonyl (C=O) groups excluding carboxylic acids is 3. The monoisotopic (exact) mass is 515 g/mol. The molecule has 3 aromatic rings. The van der Waals surface area contributed by atoms with Crippen LogP contribution >= 0.6 is 0 Å². The molecule has 0 fully saturated rings. The number of amides is 2. The van der Waals surface area contributed by atoms with Crippen molar-refractivity contribution in [1.82, 2.24) is 10.7 Å². The highest BCUT2D eigenvalue weighted by Crippen LogP contribution is 2.28. The summed E-state index contributed by atoms with van der Waals surface area (Å²) in [7, 11) is 0. The summed E-state index contributed by atoms with van der Waals surface area (Å²) < 4.78 is 0. The Morgan fingerprint density at radius 3 is 2.39 bits per heavy atom. The lowest BCUT2D eigenvalue weighted by Gasteiger charge is -2.09. The Balaban J connectivity index is 1.53. The molecule has 7 nitrogen and oxygen atoms in total. The molecule has 0 unspecified atom stereocenters. The van der Waals surface area contributed by atoms with Gasteiger partial charge in [0.1, 0.15) is 11.5 Å². The second-order valence-corrected chi connectivity index (χ2v) is 9.41. The molecule has 3 N–H and O–H groups in total. The standard InChI is InChI=1S/C31H37N3O4/c1-2-3-4-8-14-25(22-26(35)17-19-29(36)32-21-20-23-11-6-5-7-12-23)33-34-31(38)28-18-16-24-13-9-10-15-27(24)30(28)37/h5-7,9-13,15-16,18,37H,2-4,8,14,17,19-22H2,1H3,(H,32,36)(H,34,38). The Labute approximate surface area is 224 Å². The first-order chi connectivity index (χ1) is 18.5. The molecule has 38 heavy (non-hydrogen) atoms. The van der Waals surface area contributed by atoms with Crippen LogP contribution in [0.3, 0.4) is 0 Å². The van der Waals surface area contributed by atoms with E-state index in [1.165, 1.54) is 0 Å². The molecule has 7 heteroatoms. The molecular formula is C31H37N3O4. The quantitative estimate of drug-likeness (QED) is 0.137. The van der Waals surface area contributed by atoms with Crippen LogP contribution < -0.4 is 10.7 Å². The van der Waals surface area contributed by atoms with Crippen molar-refractivity contribution in [3.8, 4) is 5.75 Å². The number of rotatable bonds is 15. The number of hydrogen-bond donors (Lipinski definition) is 3. The highest BCUT2D eigenvalue weighted by atomic mass is 16.3. The van der Waals surface area contributed by atoms with Gasteiger partial charge in [0.05, 0.1) is 5.56 Å². The van der Waals surface area contributed by atoms with E-state index in [0.29, 0.717) is 24.1 Å². The van der Waals surface area contributed by atoms with Gasteiger partial charge in [-0.05, 0) is 36.3 Å². The second kappa shape index (κ2) is 15.3. The number of phenolic OH excluding ortho intramolecular Hbond substituents is 1. The number of nitrogens with one attached hydrogen (secondary N) is 2. The van der Waals surface area contributed by atoms with Gasteiger partial charge in [0.25, 0.3) is 5.91 Å². The van der Waals surface area contributed by atoms with Crippen molar-refractivity contribution in [2.45, 2.75) is 64.7 Å². The summed E-state index contributed by atoms with van der Waals surface area (Å²) >= 11 is 0. The second-order valence-electron chi connectivity index (χ2n) is 9.41. The van der Waals surface area contributed by atoms with E-state index in [9.17, 15) is 19.5 Å². The number of Topliss-reactive ketones (excluding diaryl/α,β-unsaturated/α-hetero) is 1. The summed E-state index contributed by atoms with van der Waals surface area (Å²) in [6.45, 7) is 2.65. The molecule has 0 bridgehead atoms. The Hall–Kier alpha value is -4.00. The number of ketones is 1. The molecule has 200 valence electrons. The number of carbonyl (C=O) groups is 3.